The van der Waals surface area contributed by atoms with Crippen molar-refractivity contribution in [3.05, 3.63) is 11.8 Å². The van der Waals surface area contributed by atoms with Gasteiger partial charge in [-0.15, -0.1) is 0 Å². The lowest BCUT2D eigenvalue weighted by Crippen LogP contribution is -2.11. The molecule has 0 rings (SSSR count). The lowest BCUT2D eigenvalue weighted by molar-refractivity contribution is -0.113. The molecule has 0 aromatic heterocycles. The molecular weight excluding hydrogens is 128 g/mol. The molecule has 0 bridgehead atoms. The fourth-order valence-electron chi connectivity index (χ4n) is 0.713. The fraction of sp³-hybridized carbons (Fsp3) is 0.571. The van der Waals surface area contributed by atoms with E-state index in [0.717, 1.165) is 6.42 Å². The van der Waals surface area contributed by atoms with Crippen molar-refractivity contribution >= 4 is 5.91 Å². The first-order valence-corrected chi connectivity index (χ1v) is 3.28. The van der Waals surface area contributed by atoms with Crippen molar-refractivity contribution in [2.45, 2.75) is 20.3 Å². The van der Waals surface area contributed by atoms with Gasteiger partial charge in [-0.3, -0.25) is 4.79 Å². The Morgan fingerprint density at radius 3 is 2.30 bits per heavy atom. The van der Waals surface area contributed by atoms with Crippen molar-refractivity contribution in [3.63, 3.8) is 0 Å². The number of nitrogens with two attached hydrogens (primary N) is 2. The van der Waals surface area contributed by atoms with Gasteiger partial charge in [-0.05, 0) is 12.3 Å². The summed E-state index contributed by atoms with van der Waals surface area (Å²) >= 11 is 0. The fourth-order valence-corrected chi connectivity index (χ4v) is 0.713. The molecule has 10 heavy (non-hydrogen) atoms. The Morgan fingerprint density at radius 2 is 2.00 bits per heavy atom. The number of carbonyl (C=O) groups is 1. The van der Waals surface area contributed by atoms with Crippen LogP contribution in [-0.2, 0) is 4.79 Å². The van der Waals surface area contributed by atoms with E-state index in [1.807, 2.05) is 13.8 Å². The highest BCUT2D eigenvalue weighted by Crippen LogP contribution is 2.04. The molecular formula is C7H14N2O. The molecule has 0 aliphatic heterocycles. The average Bonchev–Trinajstić information content (AvgIpc) is 1.58. The molecule has 0 radical (unpaired) electrons. The second-order valence-corrected chi connectivity index (χ2v) is 2.72. The van der Waals surface area contributed by atoms with Gasteiger partial charge >= 0.3 is 0 Å². The van der Waals surface area contributed by atoms with Gasteiger partial charge in [0.2, 0.25) is 5.91 Å². The number of hydrogen-bond donors (Lipinski definition) is 2. The number of amides is 1. The third kappa shape index (κ3) is 5.15. The highest BCUT2D eigenvalue weighted by atomic mass is 16.1. The monoisotopic (exact) mass is 142 g/mol. The Hall–Kier alpha value is -0.990. The number of carbonyl (C=O) groups excluding carboxylic acids is 1. The first kappa shape index (κ1) is 9.01. The van der Waals surface area contributed by atoms with E-state index in [0.29, 0.717) is 11.6 Å². The first-order chi connectivity index (χ1) is 4.52. The van der Waals surface area contributed by atoms with Crippen LogP contribution in [0.25, 0.3) is 0 Å². The van der Waals surface area contributed by atoms with Crippen molar-refractivity contribution < 1.29 is 4.79 Å². The summed E-state index contributed by atoms with van der Waals surface area (Å²) < 4.78 is 0. The van der Waals surface area contributed by atoms with Gasteiger partial charge in [-0.25, -0.2) is 0 Å². The second kappa shape index (κ2) is 3.93. The van der Waals surface area contributed by atoms with E-state index < -0.39 is 5.91 Å². The van der Waals surface area contributed by atoms with E-state index >= 15 is 0 Å². The van der Waals surface area contributed by atoms with Crippen molar-refractivity contribution in [2.24, 2.45) is 17.4 Å². The van der Waals surface area contributed by atoms with E-state index in [-0.39, 0.29) is 0 Å². The maximum absolute atomic E-state index is 10.3. The zero-order valence-electron chi connectivity index (χ0n) is 6.42. The van der Waals surface area contributed by atoms with Crippen molar-refractivity contribution in [1.82, 2.24) is 0 Å². The first-order valence-electron chi connectivity index (χ1n) is 3.28. The summed E-state index contributed by atoms with van der Waals surface area (Å²) in [5.41, 5.74) is 10.9. The van der Waals surface area contributed by atoms with Crippen LogP contribution in [0.3, 0.4) is 0 Å². The Kier molecular flexibility index (Phi) is 3.54. The Bertz CT molecular complexity index is 150. The van der Waals surface area contributed by atoms with Crippen LogP contribution < -0.4 is 11.5 Å². The number of rotatable bonds is 3. The van der Waals surface area contributed by atoms with E-state index in [2.05, 4.69) is 0 Å². The molecule has 0 aromatic carbocycles. The van der Waals surface area contributed by atoms with Crippen LogP contribution in [0, 0.1) is 5.92 Å². The summed E-state index contributed by atoms with van der Waals surface area (Å²) in [5.74, 6) is -0.00579. The van der Waals surface area contributed by atoms with Gasteiger partial charge in [0, 0.05) is 11.8 Å². The maximum Gasteiger partial charge on any atom is 0.243 e. The highest BCUT2D eigenvalue weighted by molar-refractivity contribution is 5.86. The molecule has 0 atom stereocenters. The number of allylic oxidation sites excluding steroid dienone is 1. The summed E-state index contributed by atoms with van der Waals surface area (Å²) in [4.78, 5) is 10.3. The molecule has 0 saturated heterocycles. The van der Waals surface area contributed by atoms with E-state index in [9.17, 15) is 4.79 Å². The predicted octanol–water partition coefficient (Wildman–Crippen LogP) is 0.360. The second-order valence-electron chi connectivity index (χ2n) is 2.72. The minimum atomic E-state index is -0.474. The molecule has 0 spiro atoms. The van der Waals surface area contributed by atoms with Gasteiger partial charge in [0.1, 0.15) is 0 Å². The summed E-state index contributed by atoms with van der Waals surface area (Å²) in [6.07, 6.45) is 1.99. The smallest absolute Gasteiger partial charge is 0.243 e. The Balaban J connectivity index is 3.83. The minimum absolute atomic E-state index is 0.468. The highest BCUT2D eigenvalue weighted by Gasteiger charge is 1.96. The largest absolute Gasteiger partial charge is 0.402 e. The van der Waals surface area contributed by atoms with E-state index in [1.54, 1.807) is 0 Å². The van der Waals surface area contributed by atoms with Gasteiger partial charge in [0.15, 0.2) is 0 Å². The summed E-state index contributed by atoms with van der Waals surface area (Å²) in [7, 11) is 0. The third-order valence-corrected chi connectivity index (χ3v) is 0.972. The minimum Gasteiger partial charge on any atom is -0.402 e. The van der Waals surface area contributed by atoms with Crippen molar-refractivity contribution in [2.75, 3.05) is 0 Å². The zero-order valence-corrected chi connectivity index (χ0v) is 6.42. The van der Waals surface area contributed by atoms with Crippen LogP contribution in [0.2, 0.25) is 0 Å². The molecule has 0 aliphatic carbocycles. The van der Waals surface area contributed by atoms with Crippen LogP contribution in [-0.4, -0.2) is 5.91 Å². The molecule has 0 heterocycles. The van der Waals surface area contributed by atoms with E-state index in [1.165, 1.54) is 6.08 Å². The zero-order chi connectivity index (χ0) is 8.15. The Labute approximate surface area is 61.1 Å². The molecule has 1 amide bonds. The van der Waals surface area contributed by atoms with Gasteiger partial charge in [0.05, 0.1) is 0 Å². The van der Waals surface area contributed by atoms with Gasteiger partial charge in [0.25, 0.3) is 0 Å². The molecule has 4 N–H and O–H groups in total. The molecule has 3 heteroatoms. The van der Waals surface area contributed by atoms with Crippen LogP contribution in [0.5, 0.6) is 0 Å². The number of hydrogen-bond acceptors (Lipinski definition) is 2. The molecule has 0 aromatic rings. The molecule has 0 unspecified atom stereocenters. The van der Waals surface area contributed by atoms with Crippen LogP contribution in [0.4, 0.5) is 0 Å². The van der Waals surface area contributed by atoms with Crippen molar-refractivity contribution in [1.29, 1.82) is 0 Å². The molecule has 58 valence electrons. The normalized spacial score (nSPS) is 12.1. The third-order valence-electron chi connectivity index (χ3n) is 0.972. The van der Waals surface area contributed by atoms with Crippen LogP contribution >= 0.6 is 0 Å². The summed E-state index contributed by atoms with van der Waals surface area (Å²) in [5, 5.41) is 0. The van der Waals surface area contributed by atoms with Gasteiger partial charge < -0.3 is 11.5 Å². The summed E-state index contributed by atoms with van der Waals surface area (Å²) in [6.45, 7) is 4.06. The quantitative estimate of drug-likeness (QED) is 0.558. The lowest BCUT2D eigenvalue weighted by Gasteiger charge is -2.02. The Morgan fingerprint density at radius 1 is 1.50 bits per heavy atom. The molecule has 0 saturated carbocycles. The van der Waals surface area contributed by atoms with Gasteiger partial charge in [-0.1, -0.05) is 13.8 Å². The van der Waals surface area contributed by atoms with Crippen LogP contribution in [0.1, 0.15) is 20.3 Å². The predicted molar refractivity (Wildman–Crippen MR) is 40.9 cm³/mol. The number of primary amides is 1. The van der Waals surface area contributed by atoms with Gasteiger partial charge in [-0.2, -0.15) is 0 Å². The standard InChI is InChI=1S/C7H14N2O/c1-5(2)3-6(8)4-7(9)10/h4-5H,3,8H2,1-2H3,(H2,9,10)/b6-4+. The van der Waals surface area contributed by atoms with Crippen LogP contribution in [0.15, 0.2) is 11.8 Å². The summed E-state index contributed by atoms with van der Waals surface area (Å²) in [6, 6.07) is 0. The molecule has 0 aliphatic rings. The van der Waals surface area contributed by atoms with Crippen molar-refractivity contribution in [3.8, 4) is 0 Å². The van der Waals surface area contributed by atoms with E-state index in [4.69, 9.17) is 11.5 Å². The lowest BCUT2D eigenvalue weighted by atomic mass is 10.1. The SMILES string of the molecule is CC(C)C/C(N)=C\C(N)=O. The molecule has 3 nitrogen and oxygen atoms in total. The average molecular weight is 142 g/mol. The topological polar surface area (TPSA) is 69.1 Å². The maximum atomic E-state index is 10.3. The molecule has 0 fully saturated rings.